The number of hydrogen-bond acceptors (Lipinski definition) is 2. The molecule has 0 aromatic heterocycles. The second-order valence-electron chi connectivity index (χ2n) is 5.03. The quantitative estimate of drug-likeness (QED) is 0.828. The van der Waals surface area contributed by atoms with E-state index >= 15 is 0 Å². The van der Waals surface area contributed by atoms with Crippen LogP contribution in [0.25, 0.3) is 11.1 Å². The third-order valence-corrected chi connectivity index (χ3v) is 4.25. The molecule has 1 heterocycles. The molecule has 0 fully saturated rings. The molecule has 19 heavy (non-hydrogen) atoms. The molecule has 1 unspecified atom stereocenters. The average Bonchev–Trinajstić information content (AvgIpc) is 2.41. The van der Waals surface area contributed by atoms with E-state index in [9.17, 15) is 0 Å². The van der Waals surface area contributed by atoms with Crippen LogP contribution in [0.5, 0.6) is 5.75 Å². The fourth-order valence-electron chi connectivity index (χ4n) is 2.29. The van der Waals surface area contributed by atoms with Gasteiger partial charge >= 0.3 is 0 Å². The van der Waals surface area contributed by atoms with Gasteiger partial charge in [-0.15, -0.1) is 0 Å². The van der Waals surface area contributed by atoms with E-state index in [1.165, 1.54) is 16.7 Å². The molecule has 0 aliphatic carbocycles. The van der Waals surface area contributed by atoms with Crippen LogP contribution < -0.4 is 10.1 Å². The van der Waals surface area contributed by atoms with E-state index in [2.05, 4.69) is 65.4 Å². The number of rotatable bonds is 1. The van der Waals surface area contributed by atoms with Crippen molar-refractivity contribution >= 4 is 21.6 Å². The Bertz CT molecular complexity index is 624. The zero-order valence-electron chi connectivity index (χ0n) is 11.0. The zero-order chi connectivity index (χ0) is 13.4. The van der Waals surface area contributed by atoms with E-state index < -0.39 is 0 Å². The van der Waals surface area contributed by atoms with Crippen molar-refractivity contribution in [3.8, 4) is 16.9 Å². The monoisotopic (exact) mass is 317 g/mol. The Morgan fingerprint density at radius 3 is 2.68 bits per heavy atom. The minimum atomic E-state index is 0.356. The van der Waals surface area contributed by atoms with Gasteiger partial charge in [0.1, 0.15) is 12.4 Å². The van der Waals surface area contributed by atoms with Crippen LogP contribution in [-0.4, -0.2) is 12.6 Å². The topological polar surface area (TPSA) is 21.3 Å². The zero-order valence-corrected chi connectivity index (χ0v) is 12.6. The van der Waals surface area contributed by atoms with Gasteiger partial charge in [-0.25, -0.2) is 0 Å². The lowest BCUT2D eigenvalue weighted by Gasteiger charge is -2.25. The molecule has 2 aromatic carbocycles. The summed E-state index contributed by atoms with van der Waals surface area (Å²) in [5.74, 6) is 0.940. The Hall–Kier alpha value is -1.48. The Kier molecular flexibility index (Phi) is 3.23. The van der Waals surface area contributed by atoms with E-state index in [0.29, 0.717) is 6.04 Å². The summed E-state index contributed by atoms with van der Waals surface area (Å²) in [4.78, 5) is 0. The minimum absolute atomic E-state index is 0.356. The lowest BCUT2D eigenvalue weighted by Crippen LogP contribution is -2.28. The number of aryl methyl sites for hydroxylation is 1. The second kappa shape index (κ2) is 4.89. The van der Waals surface area contributed by atoms with Gasteiger partial charge in [-0.3, -0.25) is 0 Å². The number of benzene rings is 2. The first kappa shape index (κ1) is 12.5. The van der Waals surface area contributed by atoms with Crippen LogP contribution in [0.1, 0.15) is 12.5 Å². The second-order valence-corrected chi connectivity index (χ2v) is 5.89. The van der Waals surface area contributed by atoms with Crippen molar-refractivity contribution < 1.29 is 4.74 Å². The molecule has 1 N–H and O–H groups in total. The number of halogens is 1. The van der Waals surface area contributed by atoms with Crippen LogP contribution >= 0.6 is 15.9 Å². The SMILES string of the molecule is Cc1cc(-c2ccc3c(c2)NC(C)CO3)ccc1Br. The molecule has 1 aliphatic rings. The highest BCUT2D eigenvalue weighted by molar-refractivity contribution is 9.10. The summed E-state index contributed by atoms with van der Waals surface area (Å²) in [6, 6.07) is 13.1. The Labute approximate surface area is 121 Å². The van der Waals surface area contributed by atoms with Gasteiger partial charge in [0.05, 0.1) is 11.7 Å². The highest BCUT2D eigenvalue weighted by Gasteiger charge is 2.15. The molecular formula is C16H16BrNO. The standard InChI is InChI=1S/C16H16BrNO/c1-10-7-12(3-5-14(10)17)13-4-6-16-15(8-13)18-11(2)9-19-16/h3-8,11,18H,9H2,1-2H3. The van der Waals surface area contributed by atoms with Crippen LogP contribution in [0.2, 0.25) is 0 Å². The predicted molar refractivity (Wildman–Crippen MR) is 82.9 cm³/mol. The summed E-state index contributed by atoms with van der Waals surface area (Å²) in [6.07, 6.45) is 0. The maximum absolute atomic E-state index is 5.70. The molecule has 3 heteroatoms. The first-order valence-corrected chi connectivity index (χ1v) is 7.23. The summed E-state index contributed by atoms with van der Waals surface area (Å²) >= 11 is 3.54. The van der Waals surface area contributed by atoms with Crippen molar-refractivity contribution in [3.05, 3.63) is 46.4 Å². The van der Waals surface area contributed by atoms with E-state index in [1.54, 1.807) is 0 Å². The number of anilines is 1. The Morgan fingerprint density at radius 2 is 1.89 bits per heavy atom. The molecule has 98 valence electrons. The van der Waals surface area contributed by atoms with Crippen LogP contribution in [0, 0.1) is 6.92 Å². The lowest BCUT2D eigenvalue weighted by atomic mass is 10.0. The Balaban J connectivity index is 2.01. The highest BCUT2D eigenvalue weighted by atomic mass is 79.9. The van der Waals surface area contributed by atoms with Crippen molar-refractivity contribution in [1.82, 2.24) is 0 Å². The van der Waals surface area contributed by atoms with Gasteiger partial charge in [0, 0.05) is 4.47 Å². The van der Waals surface area contributed by atoms with Crippen molar-refractivity contribution in [1.29, 1.82) is 0 Å². The van der Waals surface area contributed by atoms with Crippen molar-refractivity contribution in [2.75, 3.05) is 11.9 Å². The summed E-state index contributed by atoms with van der Waals surface area (Å²) in [5.41, 5.74) is 4.76. The molecular weight excluding hydrogens is 302 g/mol. The predicted octanol–water partition coefficient (Wildman–Crippen LogP) is 4.62. The van der Waals surface area contributed by atoms with E-state index in [4.69, 9.17) is 4.74 Å². The maximum atomic E-state index is 5.70. The fraction of sp³-hybridized carbons (Fsp3) is 0.250. The number of nitrogens with one attached hydrogen (secondary N) is 1. The minimum Gasteiger partial charge on any atom is -0.489 e. The Morgan fingerprint density at radius 1 is 1.16 bits per heavy atom. The number of ether oxygens (including phenoxy) is 1. The highest BCUT2D eigenvalue weighted by Crippen LogP contribution is 2.34. The van der Waals surface area contributed by atoms with Gasteiger partial charge in [-0.1, -0.05) is 34.1 Å². The molecule has 3 rings (SSSR count). The van der Waals surface area contributed by atoms with Crippen molar-refractivity contribution in [2.24, 2.45) is 0 Å². The summed E-state index contributed by atoms with van der Waals surface area (Å²) in [7, 11) is 0. The van der Waals surface area contributed by atoms with Crippen LogP contribution in [0.4, 0.5) is 5.69 Å². The molecule has 0 saturated heterocycles. The normalized spacial score (nSPS) is 17.3. The first-order chi connectivity index (χ1) is 9.13. The number of hydrogen-bond donors (Lipinski definition) is 1. The largest absolute Gasteiger partial charge is 0.489 e. The van der Waals surface area contributed by atoms with Gasteiger partial charge in [-0.2, -0.15) is 0 Å². The van der Waals surface area contributed by atoms with Crippen LogP contribution in [0.15, 0.2) is 40.9 Å². The molecule has 0 saturated carbocycles. The molecule has 0 spiro atoms. The van der Waals surface area contributed by atoms with E-state index in [1.807, 2.05) is 6.07 Å². The molecule has 0 radical (unpaired) electrons. The van der Waals surface area contributed by atoms with Crippen molar-refractivity contribution in [3.63, 3.8) is 0 Å². The van der Waals surface area contributed by atoms with E-state index in [0.717, 1.165) is 22.5 Å². The molecule has 1 atom stereocenters. The average molecular weight is 318 g/mol. The molecule has 0 amide bonds. The molecule has 2 nitrogen and oxygen atoms in total. The maximum Gasteiger partial charge on any atom is 0.142 e. The van der Waals surface area contributed by atoms with Crippen molar-refractivity contribution in [2.45, 2.75) is 19.9 Å². The summed E-state index contributed by atoms with van der Waals surface area (Å²) in [6.45, 7) is 4.96. The van der Waals surface area contributed by atoms with Gasteiger partial charge in [0.25, 0.3) is 0 Å². The van der Waals surface area contributed by atoms with Gasteiger partial charge in [0.15, 0.2) is 0 Å². The molecule has 2 aromatic rings. The van der Waals surface area contributed by atoms with Crippen LogP contribution in [-0.2, 0) is 0 Å². The first-order valence-electron chi connectivity index (χ1n) is 6.43. The van der Waals surface area contributed by atoms with Gasteiger partial charge in [-0.05, 0) is 48.7 Å². The summed E-state index contributed by atoms with van der Waals surface area (Å²) in [5, 5.41) is 3.46. The smallest absolute Gasteiger partial charge is 0.142 e. The molecule has 0 bridgehead atoms. The third kappa shape index (κ3) is 2.47. The lowest BCUT2D eigenvalue weighted by molar-refractivity contribution is 0.292. The van der Waals surface area contributed by atoms with E-state index in [-0.39, 0.29) is 0 Å². The van der Waals surface area contributed by atoms with Gasteiger partial charge < -0.3 is 10.1 Å². The van der Waals surface area contributed by atoms with Gasteiger partial charge in [0.2, 0.25) is 0 Å². The third-order valence-electron chi connectivity index (χ3n) is 3.36. The molecule has 1 aliphatic heterocycles. The summed E-state index contributed by atoms with van der Waals surface area (Å²) < 4.78 is 6.84. The fourth-order valence-corrected chi connectivity index (χ4v) is 2.54. The number of fused-ring (bicyclic) bond motifs is 1. The van der Waals surface area contributed by atoms with Crippen LogP contribution in [0.3, 0.4) is 0 Å².